The smallest absolute Gasteiger partial charge is 0.123 e. The zero-order valence-corrected chi connectivity index (χ0v) is 11.4. The van der Waals surface area contributed by atoms with Crippen molar-refractivity contribution in [2.45, 2.75) is 6.92 Å². The first-order valence-corrected chi connectivity index (χ1v) is 6.61. The lowest BCUT2D eigenvalue weighted by molar-refractivity contribution is 0.101. The maximum absolute atomic E-state index is 8.56. The summed E-state index contributed by atoms with van der Waals surface area (Å²) in [5, 5.41) is 11.6. The Morgan fingerprint density at radius 2 is 1.84 bits per heavy atom. The SMILES string of the molecule is CCOc1cccc(OCCOCCNCCO)c1. The molecule has 0 fully saturated rings. The number of hydrogen-bond acceptors (Lipinski definition) is 5. The highest BCUT2D eigenvalue weighted by Crippen LogP contribution is 2.19. The van der Waals surface area contributed by atoms with Crippen LogP contribution in [0.5, 0.6) is 11.5 Å². The summed E-state index contributed by atoms with van der Waals surface area (Å²) >= 11 is 0. The van der Waals surface area contributed by atoms with Crippen LogP contribution in [0.1, 0.15) is 6.92 Å². The van der Waals surface area contributed by atoms with E-state index < -0.39 is 0 Å². The highest BCUT2D eigenvalue weighted by atomic mass is 16.5. The molecule has 0 atom stereocenters. The summed E-state index contributed by atoms with van der Waals surface area (Å²) in [4.78, 5) is 0. The number of nitrogens with one attached hydrogen (secondary N) is 1. The summed E-state index contributed by atoms with van der Waals surface area (Å²) in [6.07, 6.45) is 0. The molecule has 0 aliphatic rings. The molecule has 1 aromatic carbocycles. The van der Waals surface area contributed by atoms with Crippen LogP contribution < -0.4 is 14.8 Å². The topological polar surface area (TPSA) is 60.0 Å². The van der Waals surface area contributed by atoms with Crippen LogP contribution >= 0.6 is 0 Å². The Morgan fingerprint density at radius 1 is 1.05 bits per heavy atom. The molecule has 0 aliphatic carbocycles. The predicted octanol–water partition coefficient (Wildman–Crippen LogP) is 1.06. The molecule has 0 bridgehead atoms. The average molecular weight is 269 g/mol. The molecule has 0 saturated carbocycles. The van der Waals surface area contributed by atoms with Gasteiger partial charge in [0.1, 0.15) is 18.1 Å². The fraction of sp³-hybridized carbons (Fsp3) is 0.571. The van der Waals surface area contributed by atoms with E-state index in [-0.39, 0.29) is 6.61 Å². The zero-order chi connectivity index (χ0) is 13.8. The number of hydrogen-bond donors (Lipinski definition) is 2. The van der Waals surface area contributed by atoms with Gasteiger partial charge in [0.15, 0.2) is 0 Å². The minimum Gasteiger partial charge on any atom is -0.494 e. The zero-order valence-electron chi connectivity index (χ0n) is 11.4. The molecule has 108 valence electrons. The average Bonchev–Trinajstić information content (AvgIpc) is 2.43. The Kier molecular flexibility index (Phi) is 8.80. The van der Waals surface area contributed by atoms with Crippen LogP contribution in [0.15, 0.2) is 24.3 Å². The molecule has 0 aliphatic heterocycles. The van der Waals surface area contributed by atoms with Crippen molar-refractivity contribution in [2.24, 2.45) is 0 Å². The van der Waals surface area contributed by atoms with Gasteiger partial charge in [0.05, 0.1) is 26.4 Å². The van der Waals surface area contributed by atoms with E-state index in [2.05, 4.69) is 5.32 Å². The minimum absolute atomic E-state index is 0.152. The van der Waals surface area contributed by atoms with Crippen LogP contribution in [-0.2, 0) is 4.74 Å². The highest BCUT2D eigenvalue weighted by molar-refractivity contribution is 5.32. The van der Waals surface area contributed by atoms with E-state index in [4.69, 9.17) is 19.3 Å². The molecule has 5 heteroatoms. The monoisotopic (exact) mass is 269 g/mol. The number of aliphatic hydroxyl groups is 1. The first-order chi connectivity index (χ1) is 9.36. The number of aliphatic hydroxyl groups excluding tert-OH is 1. The standard InChI is InChI=1S/C14H23NO4/c1-2-18-13-4-3-5-14(12-13)19-11-10-17-9-7-15-6-8-16/h3-5,12,15-16H,2,6-11H2,1H3. The molecule has 19 heavy (non-hydrogen) atoms. The quantitative estimate of drug-likeness (QED) is 0.588. The van der Waals surface area contributed by atoms with Crippen molar-refractivity contribution in [2.75, 3.05) is 46.1 Å². The van der Waals surface area contributed by atoms with Crippen molar-refractivity contribution in [1.82, 2.24) is 5.32 Å². The Labute approximate surface area is 114 Å². The Bertz CT molecular complexity index is 333. The summed E-state index contributed by atoms with van der Waals surface area (Å²) in [5.74, 6) is 1.60. The van der Waals surface area contributed by atoms with Crippen LogP contribution in [0, 0.1) is 0 Å². The summed E-state index contributed by atoms with van der Waals surface area (Å²) in [5.41, 5.74) is 0. The second-order valence-corrected chi connectivity index (χ2v) is 3.84. The van der Waals surface area contributed by atoms with Crippen molar-refractivity contribution in [3.8, 4) is 11.5 Å². The molecular formula is C14H23NO4. The summed E-state index contributed by atoms with van der Waals surface area (Å²) in [7, 11) is 0. The second-order valence-electron chi connectivity index (χ2n) is 3.84. The third kappa shape index (κ3) is 7.66. The lowest BCUT2D eigenvalue weighted by atomic mass is 10.3. The molecule has 0 radical (unpaired) electrons. The predicted molar refractivity (Wildman–Crippen MR) is 73.9 cm³/mol. The van der Waals surface area contributed by atoms with Gasteiger partial charge in [0.25, 0.3) is 0 Å². The molecule has 1 aromatic rings. The second kappa shape index (κ2) is 10.6. The van der Waals surface area contributed by atoms with Gasteiger partial charge < -0.3 is 24.6 Å². The Morgan fingerprint density at radius 3 is 2.58 bits per heavy atom. The van der Waals surface area contributed by atoms with Crippen LogP contribution in [0.3, 0.4) is 0 Å². The van der Waals surface area contributed by atoms with Gasteiger partial charge >= 0.3 is 0 Å². The largest absolute Gasteiger partial charge is 0.494 e. The first-order valence-electron chi connectivity index (χ1n) is 6.61. The molecule has 2 N–H and O–H groups in total. The van der Waals surface area contributed by atoms with Crippen LogP contribution in [0.2, 0.25) is 0 Å². The normalized spacial score (nSPS) is 10.4. The van der Waals surface area contributed by atoms with Crippen molar-refractivity contribution in [3.05, 3.63) is 24.3 Å². The summed E-state index contributed by atoms with van der Waals surface area (Å²) in [6, 6.07) is 7.57. The van der Waals surface area contributed by atoms with Crippen molar-refractivity contribution >= 4 is 0 Å². The van der Waals surface area contributed by atoms with Gasteiger partial charge in [-0.15, -0.1) is 0 Å². The van der Waals surface area contributed by atoms with E-state index in [1.54, 1.807) is 0 Å². The minimum atomic E-state index is 0.152. The molecule has 0 spiro atoms. The van der Waals surface area contributed by atoms with Crippen LogP contribution in [-0.4, -0.2) is 51.2 Å². The Balaban J connectivity index is 2.07. The number of benzene rings is 1. The summed E-state index contributed by atoms with van der Waals surface area (Å²) < 4.78 is 16.3. The van der Waals surface area contributed by atoms with Crippen molar-refractivity contribution in [1.29, 1.82) is 0 Å². The third-order valence-electron chi connectivity index (χ3n) is 2.32. The van der Waals surface area contributed by atoms with E-state index in [9.17, 15) is 0 Å². The fourth-order valence-corrected chi connectivity index (χ4v) is 1.49. The van der Waals surface area contributed by atoms with E-state index >= 15 is 0 Å². The van der Waals surface area contributed by atoms with E-state index in [1.165, 1.54) is 0 Å². The molecule has 0 unspecified atom stereocenters. The van der Waals surface area contributed by atoms with Crippen molar-refractivity contribution < 1.29 is 19.3 Å². The molecule has 0 saturated heterocycles. The van der Waals surface area contributed by atoms with Gasteiger partial charge in [-0.1, -0.05) is 6.07 Å². The highest BCUT2D eigenvalue weighted by Gasteiger charge is 1.97. The van der Waals surface area contributed by atoms with Crippen molar-refractivity contribution in [3.63, 3.8) is 0 Å². The van der Waals surface area contributed by atoms with Gasteiger partial charge in [-0.3, -0.25) is 0 Å². The van der Waals surface area contributed by atoms with Crippen LogP contribution in [0.4, 0.5) is 0 Å². The molecular weight excluding hydrogens is 246 g/mol. The number of ether oxygens (including phenoxy) is 3. The maximum Gasteiger partial charge on any atom is 0.123 e. The van der Waals surface area contributed by atoms with Gasteiger partial charge in [0, 0.05) is 19.2 Å². The summed E-state index contributed by atoms with van der Waals surface area (Å²) in [6.45, 7) is 5.75. The number of rotatable bonds is 11. The molecule has 0 heterocycles. The van der Waals surface area contributed by atoms with Gasteiger partial charge in [0.2, 0.25) is 0 Å². The van der Waals surface area contributed by atoms with E-state index in [1.807, 2.05) is 31.2 Å². The molecule has 1 rings (SSSR count). The fourth-order valence-electron chi connectivity index (χ4n) is 1.49. The van der Waals surface area contributed by atoms with Gasteiger partial charge in [-0.2, -0.15) is 0 Å². The molecule has 0 aromatic heterocycles. The van der Waals surface area contributed by atoms with Gasteiger partial charge in [-0.25, -0.2) is 0 Å². The third-order valence-corrected chi connectivity index (χ3v) is 2.32. The lowest BCUT2D eigenvalue weighted by Crippen LogP contribution is -2.23. The van der Waals surface area contributed by atoms with E-state index in [0.717, 1.165) is 18.0 Å². The lowest BCUT2D eigenvalue weighted by Gasteiger charge is -2.09. The molecule has 0 amide bonds. The molecule has 5 nitrogen and oxygen atoms in total. The first kappa shape index (κ1) is 15.8. The van der Waals surface area contributed by atoms with E-state index in [0.29, 0.717) is 33.0 Å². The maximum atomic E-state index is 8.56. The van der Waals surface area contributed by atoms with Gasteiger partial charge in [-0.05, 0) is 19.1 Å². The van der Waals surface area contributed by atoms with Crippen LogP contribution in [0.25, 0.3) is 0 Å². The Hall–Kier alpha value is -1.30.